The first-order chi connectivity index (χ1) is 5.95. The van der Waals surface area contributed by atoms with Crippen LogP contribution in [0.3, 0.4) is 0 Å². The number of rotatable bonds is 5. The largest absolute Gasteiger partial charge is 0.457 e. The fourth-order valence-electron chi connectivity index (χ4n) is 0.615. The smallest absolute Gasteiger partial charge is 0.330 e. The van der Waals surface area contributed by atoms with E-state index in [0.29, 0.717) is 6.61 Å². The van der Waals surface area contributed by atoms with E-state index in [4.69, 9.17) is 4.74 Å². The van der Waals surface area contributed by atoms with Crippen molar-refractivity contribution in [1.82, 2.24) is 0 Å². The van der Waals surface area contributed by atoms with Crippen LogP contribution in [0.15, 0.2) is 24.8 Å². The number of carbonyl (C=O) groups excluding carboxylic acids is 1. The van der Waals surface area contributed by atoms with Crippen LogP contribution in [0.25, 0.3) is 0 Å². The molecule has 0 amide bonds. The van der Waals surface area contributed by atoms with Gasteiger partial charge in [0, 0.05) is 6.08 Å². The highest BCUT2D eigenvalue weighted by molar-refractivity contribution is 5.82. The molecule has 0 heterocycles. The third kappa shape index (κ3) is 8.82. The summed E-state index contributed by atoms with van der Waals surface area (Å²) in [6.07, 6.45) is 4.47. The van der Waals surface area contributed by atoms with Crippen molar-refractivity contribution >= 4 is 5.97 Å². The topological polar surface area (TPSA) is 26.3 Å². The second-order valence-electron chi connectivity index (χ2n) is 3.78. The standard InChI is InChI=1S/C10H18NO2/c1-5-6-7-10(12)13-9-8-11(2,3)4/h5-7H,1,8-9H2,2-4H3/q+1. The SMILES string of the molecule is C=CC=CC(=O)OCC[N+](C)(C)C. The normalized spacial score (nSPS) is 11.6. The fourth-order valence-corrected chi connectivity index (χ4v) is 0.615. The van der Waals surface area contributed by atoms with Gasteiger partial charge < -0.3 is 9.22 Å². The van der Waals surface area contributed by atoms with Gasteiger partial charge in [0.2, 0.25) is 0 Å². The summed E-state index contributed by atoms with van der Waals surface area (Å²) in [5, 5.41) is 0. The second-order valence-corrected chi connectivity index (χ2v) is 3.78. The Kier molecular flexibility index (Phi) is 5.07. The minimum atomic E-state index is -0.312. The van der Waals surface area contributed by atoms with Crippen LogP contribution in [0, 0.1) is 0 Å². The van der Waals surface area contributed by atoms with Gasteiger partial charge >= 0.3 is 5.97 Å². The molecule has 74 valence electrons. The molecule has 0 rings (SSSR count). The van der Waals surface area contributed by atoms with E-state index in [2.05, 4.69) is 6.58 Å². The predicted octanol–water partition coefficient (Wildman–Crippen LogP) is 0.978. The number of carbonyl (C=O) groups is 1. The quantitative estimate of drug-likeness (QED) is 0.275. The van der Waals surface area contributed by atoms with E-state index >= 15 is 0 Å². The molecule has 13 heavy (non-hydrogen) atoms. The van der Waals surface area contributed by atoms with E-state index in [1.165, 1.54) is 6.08 Å². The minimum Gasteiger partial charge on any atom is -0.457 e. The van der Waals surface area contributed by atoms with Gasteiger partial charge in [-0.25, -0.2) is 4.79 Å². The molecule has 0 fully saturated rings. The zero-order valence-electron chi connectivity index (χ0n) is 8.62. The summed E-state index contributed by atoms with van der Waals surface area (Å²) in [5.41, 5.74) is 0. The molecule has 0 aromatic heterocycles. The zero-order chi connectivity index (χ0) is 10.3. The molecule has 0 aliphatic carbocycles. The minimum absolute atomic E-state index is 0.312. The van der Waals surface area contributed by atoms with Crippen LogP contribution in [-0.4, -0.2) is 44.7 Å². The Hall–Kier alpha value is -1.09. The van der Waals surface area contributed by atoms with Crippen molar-refractivity contribution in [2.24, 2.45) is 0 Å². The van der Waals surface area contributed by atoms with E-state index in [-0.39, 0.29) is 5.97 Å². The Balaban J connectivity index is 3.60. The summed E-state index contributed by atoms with van der Waals surface area (Å²) in [4.78, 5) is 10.9. The lowest BCUT2D eigenvalue weighted by Crippen LogP contribution is -2.37. The molecule has 0 saturated carbocycles. The summed E-state index contributed by atoms with van der Waals surface area (Å²) < 4.78 is 5.72. The van der Waals surface area contributed by atoms with Crippen molar-refractivity contribution in [3.63, 3.8) is 0 Å². The van der Waals surface area contributed by atoms with E-state index < -0.39 is 0 Å². The van der Waals surface area contributed by atoms with Crippen LogP contribution in [0.4, 0.5) is 0 Å². The van der Waals surface area contributed by atoms with E-state index in [1.54, 1.807) is 12.2 Å². The van der Waals surface area contributed by atoms with Gasteiger partial charge in [-0.05, 0) is 0 Å². The lowest BCUT2D eigenvalue weighted by atomic mass is 10.5. The van der Waals surface area contributed by atoms with Crippen molar-refractivity contribution < 1.29 is 14.0 Å². The van der Waals surface area contributed by atoms with Gasteiger partial charge in [-0.1, -0.05) is 18.7 Å². The molecular weight excluding hydrogens is 166 g/mol. The van der Waals surface area contributed by atoms with Crippen molar-refractivity contribution in [3.8, 4) is 0 Å². The molecule has 0 saturated heterocycles. The maximum atomic E-state index is 10.9. The number of nitrogens with zero attached hydrogens (tertiary/aromatic N) is 1. The van der Waals surface area contributed by atoms with Crippen LogP contribution in [0.1, 0.15) is 0 Å². The Labute approximate surface area is 79.9 Å². The molecular formula is C10H18NO2+. The number of likely N-dealkylation sites (N-methyl/N-ethyl adjacent to an activating group) is 1. The lowest BCUT2D eigenvalue weighted by Gasteiger charge is -2.23. The second kappa shape index (κ2) is 5.54. The highest BCUT2D eigenvalue weighted by Gasteiger charge is 2.07. The van der Waals surface area contributed by atoms with Gasteiger partial charge in [0.25, 0.3) is 0 Å². The highest BCUT2D eigenvalue weighted by Crippen LogP contribution is 1.90. The zero-order valence-corrected chi connectivity index (χ0v) is 8.62. The number of ether oxygens (including phenoxy) is 1. The number of hydrogen-bond donors (Lipinski definition) is 0. The summed E-state index contributed by atoms with van der Waals surface area (Å²) >= 11 is 0. The maximum Gasteiger partial charge on any atom is 0.330 e. The van der Waals surface area contributed by atoms with Gasteiger partial charge in [-0.2, -0.15) is 0 Å². The Morgan fingerprint density at radius 3 is 2.54 bits per heavy atom. The van der Waals surface area contributed by atoms with E-state index in [0.717, 1.165) is 11.0 Å². The third-order valence-electron chi connectivity index (χ3n) is 1.37. The molecule has 0 aromatic carbocycles. The van der Waals surface area contributed by atoms with Crippen LogP contribution < -0.4 is 0 Å². The molecule has 0 aliphatic heterocycles. The van der Waals surface area contributed by atoms with Crippen molar-refractivity contribution in [2.45, 2.75) is 0 Å². The van der Waals surface area contributed by atoms with Crippen LogP contribution >= 0.6 is 0 Å². The monoisotopic (exact) mass is 184 g/mol. The number of quaternary nitrogens is 1. The van der Waals surface area contributed by atoms with Gasteiger partial charge in [-0.15, -0.1) is 0 Å². The van der Waals surface area contributed by atoms with Crippen molar-refractivity contribution in [1.29, 1.82) is 0 Å². The number of hydrogen-bond acceptors (Lipinski definition) is 2. The summed E-state index contributed by atoms with van der Waals surface area (Å²) in [6, 6.07) is 0. The number of esters is 1. The van der Waals surface area contributed by atoms with Gasteiger partial charge in [0.1, 0.15) is 13.2 Å². The molecule has 3 heteroatoms. The fraction of sp³-hybridized carbons (Fsp3) is 0.500. The van der Waals surface area contributed by atoms with Gasteiger partial charge in [0.15, 0.2) is 0 Å². The Morgan fingerprint density at radius 1 is 1.46 bits per heavy atom. The average molecular weight is 184 g/mol. The summed E-state index contributed by atoms with van der Waals surface area (Å²) in [7, 11) is 6.15. The summed E-state index contributed by atoms with van der Waals surface area (Å²) in [6.45, 7) is 4.72. The first-order valence-electron chi connectivity index (χ1n) is 4.22. The molecule has 0 aliphatic rings. The first-order valence-corrected chi connectivity index (χ1v) is 4.22. The van der Waals surface area contributed by atoms with Gasteiger partial charge in [-0.3, -0.25) is 0 Å². The van der Waals surface area contributed by atoms with Crippen LogP contribution in [0.5, 0.6) is 0 Å². The van der Waals surface area contributed by atoms with Gasteiger partial charge in [0.05, 0.1) is 21.1 Å². The molecule has 3 nitrogen and oxygen atoms in total. The molecule has 0 N–H and O–H groups in total. The molecule has 0 unspecified atom stereocenters. The maximum absolute atomic E-state index is 10.9. The highest BCUT2D eigenvalue weighted by atomic mass is 16.5. The predicted molar refractivity (Wildman–Crippen MR) is 53.2 cm³/mol. The lowest BCUT2D eigenvalue weighted by molar-refractivity contribution is -0.870. The van der Waals surface area contributed by atoms with Crippen molar-refractivity contribution in [2.75, 3.05) is 34.3 Å². The van der Waals surface area contributed by atoms with E-state index in [1.807, 2.05) is 21.1 Å². The van der Waals surface area contributed by atoms with Crippen molar-refractivity contribution in [3.05, 3.63) is 24.8 Å². The Bertz CT molecular complexity index is 201. The molecule has 0 atom stereocenters. The summed E-state index contributed by atoms with van der Waals surface area (Å²) in [5.74, 6) is -0.312. The van der Waals surface area contributed by atoms with Crippen LogP contribution in [-0.2, 0) is 9.53 Å². The molecule has 0 spiro atoms. The molecule has 0 bridgehead atoms. The molecule has 0 radical (unpaired) electrons. The molecule has 0 aromatic rings. The van der Waals surface area contributed by atoms with E-state index in [9.17, 15) is 4.79 Å². The van der Waals surface area contributed by atoms with Crippen LogP contribution in [0.2, 0.25) is 0 Å². The number of allylic oxidation sites excluding steroid dienone is 2. The Morgan fingerprint density at radius 2 is 2.08 bits per heavy atom. The average Bonchev–Trinajstić information content (AvgIpc) is 1.98. The third-order valence-corrected chi connectivity index (χ3v) is 1.37. The first kappa shape index (κ1) is 11.9.